The third-order valence-corrected chi connectivity index (χ3v) is 5.81. The topological polar surface area (TPSA) is 58.2 Å². The van der Waals surface area contributed by atoms with E-state index in [2.05, 4.69) is 10.0 Å². The fraction of sp³-hybridized carbons (Fsp3) is 0.538. The highest BCUT2D eigenvalue weighted by atomic mass is 32.2. The van der Waals surface area contributed by atoms with Gasteiger partial charge in [-0.1, -0.05) is 12.1 Å². The molecule has 0 radical (unpaired) electrons. The highest BCUT2D eigenvalue weighted by molar-refractivity contribution is 7.99. The lowest BCUT2D eigenvalue weighted by Crippen LogP contribution is -2.27. The van der Waals surface area contributed by atoms with Crippen LogP contribution in [0.2, 0.25) is 0 Å². The lowest BCUT2D eigenvalue weighted by atomic mass is 10.1. The molecule has 106 valence electrons. The summed E-state index contributed by atoms with van der Waals surface area (Å²) in [5, 5.41) is 3.29. The fourth-order valence-corrected chi connectivity index (χ4v) is 4.47. The van der Waals surface area contributed by atoms with Crippen LogP contribution in [0.25, 0.3) is 0 Å². The van der Waals surface area contributed by atoms with Crippen molar-refractivity contribution in [3.05, 3.63) is 24.3 Å². The summed E-state index contributed by atoms with van der Waals surface area (Å²) in [6, 6.07) is 7.11. The van der Waals surface area contributed by atoms with Crippen LogP contribution in [-0.4, -0.2) is 34.3 Å². The molecule has 1 atom stereocenters. The van der Waals surface area contributed by atoms with Gasteiger partial charge in [0.1, 0.15) is 0 Å². The van der Waals surface area contributed by atoms with Crippen molar-refractivity contribution in [1.29, 1.82) is 0 Å². The Balaban J connectivity index is 1.97. The van der Waals surface area contributed by atoms with Crippen LogP contribution in [0.4, 0.5) is 0 Å². The molecule has 1 fully saturated rings. The lowest BCUT2D eigenvalue weighted by Gasteiger charge is -2.12. The number of thioether (sulfide) groups is 1. The molecule has 1 aromatic rings. The van der Waals surface area contributed by atoms with Gasteiger partial charge in [0.2, 0.25) is 10.0 Å². The van der Waals surface area contributed by atoms with Crippen molar-refractivity contribution in [2.75, 3.05) is 25.9 Å². The fourth-order valence-electron chi connectivity index (χ4n) is 2.28. The van der Waals surface area contributed by atoms with Gasteiger partial charge in [-0.25, -0.2) is 13.1 Å². The van der Waals surface area contributed by atoms with E-state index < -0.39 is 10.0 Å². The van der Waals surface area contributed by atoms with Crippen molar-refractivity contribution in [2.24, 2.45) is 5.92 Å². The maximum absolute atomic E-state index is 12.2. The summed E-state index contributed by atoms with van der Waals surface area (Å²) in [6.07, 6.45) is 3.93. The molecule has 1 unspecified atom stereocenters. The standard InChI is InChI=1S/C13H20N2O2S2/c1-18-12-4-2-3-5-13(12)19(16,17)15-9-7-11-6-8-14-10-11/h2-5,11,14-15H,6-10H2,1H3. The maximum atomic E-state index is 12.2. The van der Waals surface area contributed by atoms with Gasteiger partial charge in [0.25, 0.3) is 0 Å². The van der Waals surface area contributed by atoms with E-state index >= 15 is 0 Å². The Hall–Kier alpha value is -0.560. The predicted molar refractivity (Wildman–Crippen MR) is 79.0 cm³/mol. The smallest absolute Gasteiger partial charge is 0.241 e. The molecule has 0 saturated carbocycles. The molecule has 4 nitrogen and oxygen atoms in total. The molecule has 0 aromatic heterocycles. The van der Waals surface area contributed by atoms with Crippen molar-refractivity contribution in [1.82, 2.24) is 10.0 Å². The van der Waals surface area contributed by atoms with Gasteiger partial charge in [-0.3, -0.25) is 0 Å². The molecule has 6 heteroatoms. The second-order valence-corrected chi connectivity index (χ2v) is 7.28. The van der Waals surface area contributed by atoms with Gasteiger partial charge in [0, 0.05) is 11.4 Å². The highest BCUT2D eigenvalue weighted by Crippen LogP contribution is 2.24. The van der Waals surface area contributed by atoms with Crippen LogP contribution < -0.4 is 10.0 Å². The monoisotopic (exact) mass is 300 g/mol. The third-order valence-electron chi connectivity index (χ3n) is 3.37. The van der Waals surface area contributed by atoms with Crippen molar-refractivity contribution >= 4 is 21.8 Å². The Labute approximate surface area is 119 Å². The van der Waals surface area contributed by atoms with E-state index in [1.165, 1.54) is 11.8 Å². The Morgan fingerprint density at radius 3 is 2.89 bits per heavy atom. The normalized spacial score (nSPS) is 19.7. The Morgan fingerprint density at radius 1 is 1.42 bits per heavy atom. The molecule has 0 spiro atoms. The first-order valence-corrected chi connectivity index (χ1v) is 9.17. The number of nitrogens with one attached hydrogen (secondary N) is 2. The Morgan fingerprint density at radius 2 is 2.21 bits per heavy atom. The second-order valence-electron chi connectivity index (χ2n) is 4.70. The van der Waals surface area contributed by atoms with Crippen LogP contribution in [0, 0.1) is 5.92 Å². The molecule has 1 aromatic carbocycles. The van der Waals surface area contributed by atoms with Gasteiger partial charge in [-0.05, 0) is 50.2 Å². The molecule has 1 aliphatic rings. The zero-order valence-corrected chi connectivity index (χ0v) is 12.7. The van der Waals surface area contributed by atoms with Crippen LogP contribution in [0.15, 0.2) is 34.1 Å². The Bertz CT molecular complexity index is 511. The summed E-state index contributed by atoms with van der Waals surface area (Å²) in [6.45, 7) is 2.56. The van der Waals surface area contributed by atoms with Crippen molar-refractivity contribution in [2.45, 2.75) is 22.6 Å². The first-order chi connectivity index (χ1) is 9.13. The van der Waals surface area contributed by atoms with Crippen LogP contribution in [0.1, 0.15) is 12.8 Å². The molecular weight excluding hydrogens is 280 g/mol. The molecule has 19 heavy (non-hydrogen) atoms. The SMILES string of the molecule is CSc1ccccc1S(=O)(=O)NCCC1CCNC1. The van der Waals surface area contributed by atoms with Gasteiger partial charge < -0.3 is 5.32 Å². The minimum atomic E-state index is -3.39. The number of sulfonamides is 1. The number of hydrogen-bond acceptors (Lipinski definition) is 4. The minimum absolute atomic E-state index is 0.382. The van der Waals surface area contributed by atoms with Crippen LogP contribution in [0.5, 0.6) is 0 Å². The molecule has 0 aliphatic carbocycles. The van der Waals surface area contributed by atoms with E-state index in [0.717, 1.165) is 30.8 Å². The second kappa shape index (κ2) is 6.74. The summed E-state index contributed by atoms with van der Waals surface area (Å²) in [7, 11) is -3.39. The predicted octanol–water partition coefficient (Wildman–Crippen LogP) is 1.69. The first kappa shape index (κ1) is 14.8. The average molecular weight is 300 g/mol. The largest absolute Gasteiger partial charge is 0.316 e. The molecule has 1 aliphatic heterocycles. The summed E-state index contributed by atoms with van der Waals surface area (Å²) in [4.78, 5) is 1.17. The van der Waals surface area contributed by atoms with E-state index in [-0.39, 0.29) is 0 Å². The molecule has 1 heterocycles. The molecule has 0 amide bonds. The number of rotatable bonds is 6. The van der Waals surface area contributed by atoms with Gasteiger partial charge in [-0.2, -0.15) is 0 Å². The van der Waals surface area contributed by atoms with Crippen molar-refractivity contribution < 1.29 is 8.42 Å². The summed E-state index contributed by atoms with van der Waals surface area (Å²) in [5.41, 5.74) is 0. The first-order valence-electron chi connectivity index (χ1n) is 6.47. The summed E-state index contributed by atoms with van der Waals surface area (Å²) in [5.74, 6) is 0.596. The van der Waals surface area contributed by atoms with Crippen LogP contribution in [0.3, 0.4) is 0 Å². The quantitative estimate of drug-likeness (QED) is 0.785. The van der Waals surface area contributed by atoms with E-state index in [0.29, 0.717) is 17.4 Å². The molecule has 2 rings (SSSR count). The van der Waals surface area contributed by atoms with Crippen molar-refractivity contribution in [3.8, 4) is 0 Å². The zero-order chi connectivity index (χ0) is 13.7. The zero-order valence-electron chi connectivity index (χ0n) is 11.1. The van der Waals surface area contributed by atoms with E-state index in [1.807, 2.05) is 18.4 Å². The van der Waals surface area contributed by atoms with E-state index in [9.17, 15) is 8.42 Å². The number of benzene rings is 1. The van der Waals surface area contributed by atoms with Gasteiger partial charge >= 0.3 is 0 Å². The van der Waals surface area contributed by atoms with Crippen LogP contribution in [-0.2, 0) is 10.0 Å². The van der Waals surface area contributed by atoms with E-state index in [4.69, 9.17) is 0 Å². The summed E-state index contributed by atoms with van der Waals surface area (Å²) < 4.78 is 27.2. The van der Waals surface area contributed by atoms with Gasteiger partial charge in [0.15, 0.2) is 0 Å². The minimum Gasteiger partial charge on any atom is -0.316 e. The van der Waals surface area contributed by atoms with Gasteiger partial charge in [-0.15, -0.1) is 11.8 Å². The van der Waals surface area contributed by atoms with Crippen molar-refractivity contribution in [3.63, 3.8) is 0 Å². The Kier molecular flexibility index (Phi) is 5.27. The third kappa shape index (κ3) is 3.95. The molecule has 2 N–H and O–H groups in total. The molecule has 0 bridgehead atoms. The van der Waals surface area contributed by atoms with E-state index in [1.54, 1.807) is 12.1 Å². The maximum Gasteiger partial charge on any atom is 0.241 e. The number of hydrogen-bond donors (Lipinski definition) is 2. The highest BCUT2D eigenvalue weighted by Gasteiger charge is 2.19. The molecule has 1 saturated heterocycles. The summed E-state index contributed by atoms with van der Waals surface area (Å²) >= 11 is 1.45. The van der Waals surface area contributed by atoms with Crippen LogP contribution >= 0.6 is 11.8 Å². The average Bonchev–Trinajstić information content (AvgIpc) is 2.91. The van der Waals surface area contributed by atoms with Gasteiger partial charge in [0.05, 0.1) is 4.90 Å². The lowest BCUT2D eigenvalue weighted by molar-refractivity contribution is 0.519. The molecular formula is C13H20N2O2S2.